The molecule has 1 amide bonds. The normalized spacial score (nSPS) is 11.7. The molecule has 0 aliphatic heterocycles. The molecule has 3 aromatic rings. The van der Waals surface area contributed by atoms with E-state index in [1.807, 2.05) is 12.1 Å². The molecule has 0 spiro atoms. The fraction of sp³-hybridized carbons (Fsp3) is 0.143. The van der Waals surface area contributed by atoms with Gasteiger partial charge in [0.05, 0.1) is 12.7 Å². The molecule has 0 bridgehead atoms. The molecule has 3 rings (SSSR count). The Hall–Kier alpha value is -3.41. The monoisotopic (exact) mass is 367 g/mol. The number of benzene rings is 3. The third kappa shape index (κ3) is 4.06. The molecule has 0 fully saturated rings. The van der Waals surface area contributed by atoms with Crippen molar-refractivity contribution in [2.45, 2.75) is 13.0 Å². The molecule has 27 heavy (non-hydrogen) atoms. The number of amides is 1. The van der Waals surface area contributed by atoms with Crippen LogP contribution in [-0.2, 0) is 9.53 Å². The summed E-state index contributed by atoms with van der Waals surface area (Å²) in [6, 6.07) is 16.0. The van der Waals surface area contributed by atoms with Gasteiger partial charge in [0.1, 0.15) is 11.6 Å². The Bertz CT molecular complexity index is 1000. The van der Waals surface area contributed by atoms with Gasteiger partial charge < -0.3 is 14.8 Å². The number of nitrogens with one attached hydrogen (secondary N) is 1. The lowest BCUT2D eigenvalue weighted by molar-refractivity contribution is -0.123. The van der Waals surface area contributed by atoms with Gasteiger partial charge >= 0.3 is 5.97 Å². The van der Waals surface area contributed by atoms with Gasteiger partial charge in [-0.05, 0) is 42.6 Å². The van der Waals surface area contributed by atoms with Crippen LogP contribution in [0.4, 0.5) is 10.1 Å². The van der Waals surface area contributed by atoms with Crippen LogP contribution in [0.2, 0.25) is 0 Å². The average molecular weight is 367 g/mol. The minimum absolute atomic E-state index is 0.290. The van der Waals surface area contributed by atoms with Gasteiger partial charge in [-0.25, -0.2) is 9.18 Å². The second-order valence-electron chi connectivity index (χ2n) is 5.91. The molecule has 1 N–H and O–H groups in total. The first-order valence-corrected chi connectivity index (χ1v) is 8.32. The van der Waals surface area contributed by atoms with Gasteiger partial charge in [0.15, 0.2) is 6.10 Å². The molecule has 0 unspecified atom stereocenters. The van der Waals surface area contributed by atoms with E-state index < -0.39 is 23.8 Å². The van der Waals surface area contributed by atoms with Gasteiger partial charge in [0.2, 0.25) is 0 Å². The number of methoxy groups -OCH3 is 1. The van der Waals surface area contributed by atoms with Gasteiger partial charge in [-0.1, -0.05) is 30.3 Å². The topological polar surface area (TPSA) is 64.6 Å². The summed E-state index contributed by atoms with van der Waals surface area (Å²) in [7, 11) is 1.55. The van der Waals surface area contributed by atoms with Crippen molar-refractivity contribution in [2.75, 3.05) is 12.4 Å². The highest BCUT2D eigenvalue weighted by Gasteiger charge is 2.21. The highest BCUT2D eigenvalue weighted by Crippen LogP contribution is 2.29. The quantitative estimate of drug-likeness (QED) is 0.688. The lowest BCUT2D eigenvalue weighted by atomic mass is 10.0. The van der Waals surface area contributed by atoms with E-state index in [1.165, 1.54) is 25.1 Å². The number of fused-ring (bicyclic) bond motifs is 1. The standard InChI is InChI=1S/C21H18FNO4/c1-13(20(24)23-15-7-5-6-14(22)12-15)27-21(25)18-10-11-19(26-2)17-9-4-3-8-16(17)18/h3-13H,1-2H3,(H,23,24)/t13-/m1/s1. The molecular weight excluding hydrogens is 349 g/mol. The summed E-state index contributed by atoms with van der Waals surface area (Å²) in [6.07, 6.45) is -1.05. The van der Waals surface area contributed by atoms with Gasteiger partial charge in [-0.3, -0.25) is 4.79 Å². The van der Waals surface area contributed by atoms with Crippen molar-refractivity contribution in [1.29, 1.82) is 0 Å². The Morgan fingerprint density at radius 2 is 1.74 bits per heavy atom. The first kappa shape index (κ1) is 18.4. The Balaban J connectivity index is 1.77. The number of anilines is 1. The Labute approximate surface area is 155 Å². The highest BCUT2D eigenvalue weighted by atomic mass is 19.1. The largest absolute Gasteiger partial charge is 0.496 e. The molecule has 6 heteroatoms. The van der Waals surface area contributed by atoms with E-state index in [2.05, 4.69) is 5.32 Å². The third-order valence-corrected chi connectivity index (χ3v) is 4.07. The molecule has 1 atom stereocenters. The van der Waals surface area contributed by atoms with Crippen LogP contribution in [0, 0.1) is 5.82 Å². The van der Waals surface area contributed by atoms with Crippen molar-refractivity contribution in [2.24, 2.45) is 0 Å². The van der Waals surface area contributed by atoms with Crippen LogP contribution in [0.5, 0.6) is 5.75 Å². The van der Waals surface area contributed by atoms with Crippen LogP contribution in [0.25, 0.3) is 10.8 Å². The molecule has 0 aromatic heterocycles. The number of hydrogen-bond donors (Lipinski definition) is 1. The predicted octanol–water partition coefficient (Wildman–Crippen LogP) is 4.17. The molecule has 0 aliphatic carbocycles. The van der Waals surface area contributed by atoms with Crippen LogP contribution in [0.3, 0.4) is 0 Å². The van der Waals surface area contributed by atoms with E-state index >= 15 is 0 Å². The average Bonchev–Trinajstić information content (AvgIpc) is 2.67. The number of halogens is 1. The summed E-state index contributed by atoms with van der Waals surface area (Å²) in [5, 5.41) is 3.95. The molecule has 0 aliphatic rings. The molecule has 0 saturated carbocycles. The van der Waals surface area contributed by atoms with Gasteiger partial charge in [0.25, 0.3) is 5.91 Å². The Morgan fingerprint density at radius 3 is 2.44 bits per heavy atom. The maximum Gasteiger partial charge on any atom is 0.339 e. The zero-order valence-corrected chi connectivity index (χ0v) is 14.9. The Kier molecular flexibility index (Phi) is 5.35. The van der Waals surface area contributed by atoms with E-state index in [0.717, 1.165) is 5.39 Å². The minimum Gasteiger partial charge on any atom is -0.496 e. The van der Waals surface area contributed by atoms with E-state index in [-0.39, 0.29) is 5.69 Å². The highest BCUT2D eigenvalue weighted by molar-refractivity contribution is 6.07. The van der Waals surface area contributed by atoms with Crippen molar-refractivity contribution in [3.8, 4) is 5.75 Å². The third-order valence-electron chi connectivity index (χ3n) is 4.07. The fourth-order valence-corrected chi connectivity index (χ4v) is 2.72. The van der Waals surface area contributed by atoms with Crippen molar-refractivity contribution >= 4 is 28.3 Å². The SMILES string of the molecule is COc1ccc(C(=O)O[C@H](C)C(=O)Nc2cccc(F)c2)c2ccccc12. The van der Waals surface area contributed by atoms with Gasteiger partial charge in [-0.2, -0.15) is 0 Å². The summed E-state index contributed by atoms with van der Waals surface area (Å²) in [5.41, 5.74) is 0.620. The Morgan fingerprint density at radius 1 is 1.00 bits per heavy atom. The van der Waals surface area contributed by atoms with Crippen LogP contribution in [0.1, 0.15) is 17.3 Å². The molecule has 0 saturated heterocycles. The molecule has 0 heterocycles. The summed E-state index contributed by atoms with van der Waals surface area (Å²) < 4.78 is 23.8. The van der Waals surface area contributed by atoms with Crippen LogP contribution < -0.4 is 10.1 Å². The zero-order valence-electron chi connectivity index (χ0n) is 14.9. The molecule has 0 radical (unpaired) electrons. The fourth-order valence-electron chi connectivity index (χ4n) is 2.72. The van der Waals surface area contributed by atoms with Crippen LogP contribution >= 0.6 is 0 Å². The number of ether oxygens (including phenoxy) is 2. The smallest absolute Gasteiger partial charge is 0.339 e. The molecule has 3 aromatic carbocycles. The second-order valence-corrected chi connectivity index (χ2v) is 5.91. The first-order chi connectivity index (χ1) is 13.0. The summed E-state index contributed by atoms with van der Waals surface area (Å²) >= 11 is 0. The van der Waals surface area contributed by atoms with E-state index in [1.54, 1.807) is 37.4 Å². The number of hydrogen-bond acceptors (Lipinski definition) is 4. The van der Waals surface area contributed by atoms with Crippen molar-refractivity contribution in [3.63, 3.8) is 0 Å². The number of rotatable bonds is 5. The molecular formula is C21H18FNO4. The number of carbonyl (C=O) groups excluding carboxylic acids is 2. The van der Waals surface area contributed by atoms with E-state index in [4.69, 9.17) is 9.47 Å². The second kappa shape index (κ2) is 7.86. The number of esters is 1. The summed E-state index contributed by atoms with van der Waals surface area (Å²) in [4.78, 5) is 24.8. The van der Waals surface area contributed by atoms with Gasteiger partial charge in [0, 0.05) is 11.1 Å². The minimum atomic E-state index is -1.05. The van der Waals surface area contributed by atoms with Crippen molar-refractivity contribution < 1.29 is 23.5 Å². The predicted molar refractivity (Wildman–Crippen MR) is 100 cm³/mol. The zero-order chi connectivity index (χ0) is 19.4. The summed E-state index contributed by atoms with van der Waals surface area (Å²) in [5.74, 6) is -1.01. The van der Waals surface area contributed by atoms with Crippen molar-refractivity contribution in [3.05, 3.63) is 72.0 Å². The summed E-state index contributed by atoms with van der Waals surface area (Å²) in [6.45, 7) is 1.46. The maximum absolute atomic E-state index is 13.2. The lowest BCUT2D eigenvalue weighted by Crippen LogP contribution is -2.30. The lowest BCUT2D eigenvalue weighted by Gasteiger charge is -2.15. The van der Waals surface area contributed by atoms with Crippen LogP contribution in [-0.4, -0.2) is 25.1 Å². The van der Waals surface area contributed by atoms with E-state index in [0.29, 0.717) is 16.7 Å². The maximum atomic E-state index is 13.2. The van der Waals surface area contributed by atoms with E-state index in [9.17, 15) is 14.0 Å². The molecule has 138 valence electrons. The van der Waals surface area contributed by atoms with Crippen molar-refractivity contribution in [1.82, 2.24) is 0 Å². The number of carbonyl (C=O) groups is 2. The molecule has 5 nitrogen and oxygen atoms in total. The van der Waals surface area contributed by atoms with Crippen LogP contribution in [0.15, 0.2) is 60.7 Å². The first-order valence-electron chi connectivity index (χ1n) is 8.32. The van der Waals surface area contributed by atoms with Gasteiger partial charge in [-0.15, -0.1) is 0 Å².